The summed E-state index contributed by atoms with van der Waals surface area (Å²) in [4.78, 5) is 35.4. The maximum absolute atomic E-state index is 12.0. The number of benzene rings is 2. The van der Waals surface area contributed by atoms with E-state index >= 15 is 0 Å². The molecule has 0 unspecified atom stereocenters. The van der Waals surface area contributed by atoms with Crippen molar-refractivity contribution in [2.45, 2.75) is 6.92 Å². The third-order valence-electron chi connectivity index (χ3n) is 3.28. The van der Waals surface area contributed by atoms with Gasteiger partial charge in [0.05, 0.1) is 5.56 Å². The summed E-state index contributed by atoms with van der Waals surface area (Å²) in [5.74, 6) is -1.10. The first-order chi connectivity index (χ1) is 12.6. The molecule has 2 aromatic carbocycles. The van der Waals surface area contributed by atoms with Crippen LogP contribution in [0.25, 0.3) is 0 Å². The zero-order chi connectivity index (χ0) is 18.8. The van der Waals surface area contributed by atoms with Crippen LogP contribution in [0.3, 0.4) is 0 Å². The Morgan fingerprint density at radius 3 is 2.23 bits per heavy atom. The van der Waals surface area contributed by atoms with Crippen LogP contribution in [0.1, 0.15) is 27.6 Å². The minimum Gasteiger partial charge on any atom is -0.454 e. The highest BCUT2D eigenvalue weighted by molar-refractivity contribution is 5.98. The van der Waals surface area contributed by atoms with Crippen LogP contribution in [0.5, 0.6) is 5.75 Å². The van der Waals surface area contributed by atoms with Gasteiger partial charge in [0.25, 0.3) is 0 Å². The van der Waals surface area contributed by atoms with Crippen molar-refractivity contribution in [2.75, 3.05) is 6.61 Å². The van der Waals surface area contributed by atoms with Crippen LogP contribution in [-0.2, 0) is 9.53 Å². The lowest BCUT2D eigenvalue weighted by Crippen LogP contribution is -2.13. The molecule has 0 saturated carbocycles. The summed E-state index contributed by atoms with van der Waals surface area (Å²) in [5.41, 5.74) is 0.792. The Bertz CT molecular complexity index is 817. The molecule has 0 aliphatic heterocycles. The monoisotopic (exact) mass is 350 g/mol. The summed E-state index contributed by atoms with van der Waals surface area (Å²) < 4.78 is 10.1. The van der Waals surface area contributed by atoms with Crippen molar-refractivity contribution in [1.82, 2.24) is 0 Å². The molecular formula is C21H18O5. The SMILES string of the molecule is C/C=C/C=C/C(=O)OCC(=O)c1ccc(OC(=O)c2ccccc2)cc1. The van der Waals surface area contributed by atoms with E-state index in [1.165, 1.54) is 36.4 Å². The number of carbonyl (C=O) groups excluding carboxylic acids is 3. The predicted molar refractivity (Wildman–Crippen MR) is 97.1 cm³/mol. The Hall–Kier alpha value is -3.47. The van der Waals surface area contributed by atoms with Crippen LogP contribution < -0.4 is 4.74 Å². The van der Waals surface area contributed by atoms with Gasteiger partial charge in [0.2, 0.25) is 0 Å². The van der Waals surface area contributed by atoms with E-state index in [4.69, 9.17) is 9.47 Å². The molecule has 2 rings (SSSR count). The van der Waals surface area contributed by atoms with Crippen LogP contribution in [0.2, 0.25) is 0 Å². The minimum absolute atomic E-state index is 0.321. The number of hydrogen-bond donors (Lipinski definition) is 0. The molecule has 0 fully saturated rings. The van der Waals surface area contributed by atoms with Crippen LogP contribution in [-0.4, -0.2) is 24.3 Å². The Morgan fingerprint density at radius 2 is 1.58 bits per heavy atom. The molecule has 132 valence electrons. The van der Waals surface area contributed by atoms with Gasteiger partial charge in [0.15, 0.2) is 12.4 Å². The lowest BCUT2D eigenvalue weighted by atomic mass is 10.1. The fraction of sp³-hybridized carbons (Fsp3) is 0.0952. The average molecular weight is 350 g/mol. The lowest BCUT2D eigenvalue weighted by Gasteiger charge is -2.06. The molecule has 5 nitrogen and oxygen atoms in total. The van der Waals surface area contributed by atoms with E-state index in [0.717, 1.165) is 0 Å². The second kappa shape index (κ2) is 9.74. The lowest BCUT2D eigenvalue weighted by molar-refractivity contribution is -0.136. The zero-order valence-electron chi connectivity index (χ0n) is 14.3. The van der Waals surface area contributed by atoms with Gasteiger partial charge < -0.3 is 9.47 Å². The third kappa shape index (κ3) is 5.87. The first kappa shape index (κ1) is 18.9. The molecular weight excluding hydrogens is 332 g/mol. The van der Waals surface area contributed by atoms with Crippen molar-refractivity contribution >= 4 is 17.7 Å². The van der Waals surface area contributed by atoms with Crippen LogP contribution in [0.15, 0.2) is 78.9 Å². The summed E-state index contributed by atoms with van der Waals surface area (Å²) in [5, 5.41) is 0. The molecule has 5 heteroatoms. The predicted octanol–water partition coefficient (Wildman–Crippen LogP) is 3.76. The van der Waals surface area contributed by atoms with Crippen molar-refractivity contribution in [3.05, 3.63) is 90.0 Å². The van der Waals surface area contributed by atoms with Gasteiger partial charge in [-0.3, -0.25) is 4.79 Å². The van der Waals surface area contributed by atoms with Crippen molar-refractivity contribution in [3.8, 4) is 5.75 Å². The normalized spacial score (nSPS) is 10.8. The number of allylic oxidation sites excluding steroid dienone is 3. The number of ether oxygens (including phenoxy) is 2. The second-order valence-electron chi connectivity index (χ2n) is 5.20. The largest absolute Gasteiger partial charge is 0.454 e. The molecule has 0 N–H and O–H groups in total. The number of esters is 2. The first-order valence-electron chi connectivity index (χ1n) is 7.97. The summed E-state index contributed by atoms with van der Waals surface area (Å²) in [6, 6.07) is 14.7. The molecule has 0 aliphatic carbocycles. The highest BCUT2D eigenvalue weighted by atomic mass is 16.5. The van der Waals surface area contributed by atoms with E-state index in [1.54, 1.807) is 42.5 Å². The van der Waals surface area contributed by atoms with Gasteiger partial charge in [-0.15, -0.1) is 0 Å². The van der Waals surface area contributed by atoms with Gasteiger partial charge >= 0.3 is 11.9 Å². The molecule has 2 aromatic rings. The van der Waals surface area contributed by atoms with Gasteiger partial charge in [0, 0.05) is 11.6 Å². The maximum Gasteiger partial charge on any atom is 0.343 e. The van der Waals surface area contributed by atoms with Crippen molar-refractivity contribution in [2.24, 2.45) is 0 Å². The number of carbonyl (C=O) groups is 3. The van der Waals surface area contributed by atoms with E-state index in [9.17, 15) is 14.4 Å². The van der Waals surface area contributed by atoms with E-state index in [2.05, 4.69) is 0 Å². The zero-order valence-corrected chi connectivity index (χ0v) is 14.3. The summed E-state index contributed by atoms with van der Waals surface area (Å²) in [7, 11) is 0. The summed E-state index contributed by atoms with van der Waals surface area (Å²) in [6.07, 6.45) is 6.21. The van der Waals surface area contributed by atoms with Crippen molar-refractivity contribution in [1.29, 1.82) is 0 Å². The quantitative estimate of drug-likeness (QED) is 0.250. The standard InChI is InChI=1S/C21H18O5/c1-2-3-5-10-20(23)25-15-19(22)16-11-13-18(14-12-16)26-21(24)17-8-6-4-7-9-17/h2-14H,15H2,1H3/b3-2+,10-5+. The van der Waals surface area contributed by atoms with E-state index in [0.29, 0.717) is 16.9 Å². The first-order valence-corrected chi connectivity index (χ1v) is 7.97. The Kier molecular flexibility index (Phi) is 7.06. The highest BCUT2D eigenvalue weighted by Crippen LogP contribution is 2.15. The number of hydrogen-bond acceptors (Lipinski definition) is 5. The fourth-order valence-corrected chi connectivity index (χ4v) is 1.96. The summed E-state index contributed by atoms with van der Waals surface area (Å²) in [6.45, 7) is 1.46. The number of rotatable bonds is 7. The molecule has 0 saturated heterocycles. The van der Waals surface area contributed by atoms with Crippen LogP contribution in [0, 0.1) is 0 Å². The Labute approximate surface area is 151 Å². The average Bonchev–Trinajstić information content (AvgIpc) is 2.67. The molecule has 0 spiro atoms. The molecule has 26 heavy (non-hydrogen) atoms. The number of ketones is 1. The van der Waals surface area contributed by atoms with E-state index in [1.807, 2.05) is 6.92 Å². The summed E-state index contributed by atoms with van der Waals surface area (Å²) >= 11 is 0. The van der Waals surface area contributed by atoms with Gasteiger partial charge in [0.1, 0.15) is 5.75 Å². The van der Waals surface area contributed by atoms with Crippen LogP contribution >= 0.6 is 0 Å². The van der Waals surface area contributed by atoms with Gasteiger partial charge in [-0.2, -0.15) is 0 Å². The molecule has 0 bridgehead atoms. The molecule has 0 heterocycles. The second-order valence-corrected chi connectivity index (χ2v) is 5.20. The highest BCUT2D eigenvalue weighted by Gasteiger charge is 2.11. The van der Waals surface area contributed by atoms with Crippen LogP contribution in [0.4, 0.5) is 0 Å². The molecule has 0 aromatic heterocycles. The van der Waals surface area contributed by atoms with Crippen molar-refractivity contribution < 1.29 is 23.9 Å². The van der Waals surface area contributed by atoms with Crippen molar-refractivity contribution in [3.63, 3.8) is 0 Å². The molecule has 0 amide bonds. The topological polar surface area (TPSA) is 69.7 Å². The van der Waals surface area contributed by atoms with E-state index in [-0.39, 0.29) is 12.4 Å². The van der Waals surface area contributed by atoms with Gasteiger partial charge in [-0.05, 0) is 43.3 Å². The smallest absolute Gasteiger partial charge is 0.343 e. The van der Waals surface area contributed by atoms with Gasteiger partial charge in [-0.25, -0.2) is 9.59 Å². The Balaban J connectivity index is 1.89. The van der Waals surface area contributed by atoms with Gasteiger partial charge in [-0.1, -0.05) is 36.4 Å². The molecule has 0 aliphatic rings. The third-order valence-corrected chi connectivity index (χ3v) is 3.28. The number of Topliss-reactive ketones (excluding diaryl/α,β-unsaturated/α-hetero) is 1. The molecule has 0 atom stereocenters. The Morgan fingerprint density at radius 1 is 0.885 bits per heavy atom. The molecule has 0 radical (unpaired) electrons. The maximum atomic E-state index is 12.0. The minimum atomic E-state index is -0.593. The van der Waals surface area contributed by atoms with E-state index < -0.39 is 11.9 Å². The fourth-order valence-electron chi connectivity index (χ4n) is 1.96.